The molecule has 2 aromatic rings. The van der Waals surface area contributed by atoms with Gasteiger partial charge >= 0.3 is 0 Å². The van der Waals surface area contributed by atoms with Crippen LogP contribution in [0.1, 0.15) is 47.4 Å². The van der Waals surface area contributed by atoms with E-state index in [2.05, 4.69) is 37.6 Å². The molecule has 4 aliphatic rings. The summed E-state index contributed by atoms with van der Waals surface area (Å²) in [6, 6.07) is 6.94. The molecule has 2 saturated carbocycles. The molecule has 0 spiro atoms. The molecule has 2 aliphatic heterocycles. The fraction of sp³-hybridized carbons (Fsp3) is 0.480. The summed E-state index contributed by atoms with van der Waals surface area (Å²) in [6.07, 6.45) is 9.98. The van der Waals surface area contributed by atoms with E-state index in [1.165, 1.54) is 31.2 Å². The lowest BCUT2D eigenvalue weighted by Crippen LogP contribution is -2.64. The number of carbonyl (C=O) groups excluding carboxylic acids is 1. The van der Waals surface area contributed by atoms with Gasteiger partial charge in [0.2, 0.25) is 0 Å². The zero-order chi connectivity index (χ0) is 22.5. The number of fused-ring (bicyclic) bond motifs is 2. The summed E-state index contributed by atoms with van der Waals surface area (Å²) < 4.78 is 0. The van der Waals surface area contributed by atoms with Crippen molar-refractivity contribution in [2.24, 2.45) is 5.92 Å². The van der Waals surface area contributed by atoms with Crippen molar-refractivity contribution in [2.45, 2.75) is 50.5 Å². The summed E-state index contributed by atoms with van der Waals surface area (Å²) in [4.78, 5) is 25.8. The molecule has 1 saturated heterocycles. The second-order valence-electron chi connectivity index (χ2n) is 9.60. The molecule has 3 unspecified atom stereocenters. The minimum absolute atomic E-state index is 0.159. The molecule has 3 fully saturated rings. The number of nitrogens with zero attached hydrogens (tertiary/aromatic N) is 4. The number of piperazine rings is 1. The number of aliphatic hydroxyl groups excluding tert-OH is 1. The van der Waals surface area contributed by atoms with Crippen LogP contribution in [0.15, 0.2) is 36.2 Å². The third kappa shape index (κ3) is 3.77. The maximum absolute atomic E-state index is 11.8. The van der Waals surface area contributed by atoms with E-state index in [4.69, 9.17) is 4.98 Å². The zero-order valence-electron chi connectivity index (χ0n) is 18.9. The third-order valence-electron chi connectivity index (χ3n) is 7.56. The van der Waals surface area contributed by atoms with Crippen LogP contribution in [0, 0.1) is 5.92 Å². The first-order valence-corrected chi connectivity index (χ1v) is 11.9. The van der Waals surface area contributed by atoms with Crippen LogP contribution < -0.4 is 15.5 Å². The number of pyridine rings is 2. The van der Waals surface area contributed by atoms with Crippen molar-refractivity contribution in [3.05, 3.63) is 53.1 Å². The summed E-state index contributed by atoms with van der Waals surface area (Å²) in [5, 5.41) is 16.3. The van der Waals surface area contributed by atoms with Crippen molar-refractivity contribution >= 4 is 23.4 Å². The van der Waals surface area contributed by atoms with E-state index in [1.807, 2.05) is 18.5 Å². The Hall–Kier alpha value is -2.97. The maximum Gasteiger partial charge on any atom is 0.269 e. The maximum atomic E-state index is 11.8. The van der Waals surface area contributed by atoms with E-state index < -0.39 is 6.23 Å². The molecule has 0 aromatic carbocycles. The molecule has 2 aliphatic carbocycles. The number of aromatic nitrogens is 2. The van der Waals surface area contributed by atoms with Crippen LogP contribution in [-0.4, -0.2) is 64.3 Å². The van der Waals surface area contributed by atoms with Gasteiger partial charge in [-0.25, -0.2) is 4.98 Å². The highest BCUT2D eigenvalue weighted by Crippen LogP contribution is 2.42. The number of rotatable bonds is 5. The smallest absolute Gasteiger partial charge is 0.269 e. The summed E-state index contributed by atoms with van der Waals surface area (Å²) in [5.74, 6) is 0.358. The molecule has 4 heterocycles. The van der Waals surface area contributed by atoms with Gasteiger partial charge in [0.15, 0.2) is 0 Å². The van der Waals surface area contributed by atoms with E-state index in [-0.39, 0.29) is 5.91 Å². The van der Waals surface area contributed by atoms with Gasteiger partial charge in [0, 0.05) is 45.0 Å². The van der Waals surface area contributed by atoms with E-state index >= 15 is 0 Å². The van der Waals surface area contributed by atoms with Crippen LogP contribution in [0.3, 0.4) is 0 Å². The largest absolute Gasteiger partial charge is 0.370 e. The number of carbonyl (C=O) groups is 1. The molecule has 2 aromatic heterocycles. The van der Waals surface area contributed by atoms with Crippen molar-refractivity contribution in [2.75, 3.05) is 30.4 Å². The molecule has 1 amide bonds. The Bertz CT molecular complexity index is 1100. The highest BCUT2D eigenvalue weighted by atomic mass is 16.3. The quantitative estimate of drug-likeness (QED) is 0.648. The monoisotopic (exact) mass is 446 g/mol. The first-order chi connectivity index (χ1) is 16.1. The lowest BCUT2D eigenvalue weighted by atomic mass is 9.81. The number of amides is 1. The Balaban J connectivity index is 1.14. The first kappa shape index (κ1) is 20.6. The first-order valence-electron chi connectivity index (χ1n) is 11.9. The minimum Gasteiger partial charge on any atom is -0.370 e. The lowest BCUT2D eigenvalue weighted by molar-refractivity contribution is 0.0658. The Kier molecular flexibility index (Phi) is 5.07. The summed E-state index contributed by atoms with van der Waals surface area (Å²) in [5.41, 5.74) is 5.65. The molecule has 33 heavy (non-hydrogen) atoms. The van der Waals surface area contributed by atoms with Gasteiger partial charge in [-0.1, -0.05) is 0 Å². The van der Waals surface area contributed by atoms with E-state index in [0.717, 1.165) is 42.3 Å². The van der Waals surface area contributed by atoms with Gasteiger partial charge < -0.3 is 20.6 Å². The number of hydrogen-bond donors (Lipinski definition) is 3. The number of aliphatic hydroxyl groups is 1. The van der Waals surface area contributed by atoms with E-state index in [0.29, 0.717) is 23.7 Å². The second-order valence-corrected chi connectivity index (χ2v) is 9.60. The van der Waals surface area contributed by atoms with Gasteiger partial charge in [-0.15, -0.1) is 0 Å². The second kappa shape index (κ2) is 8.11. The molecule has 172 valence electrons. The van der Waals surface area contributed by atoms with Gasteiger partial charge in [-0.05, 0) is 67.0 Å². The highest BCUT2D eigenvalue weighted by Gasteiger charge is 2.43. The van der Waals surface area contributed by atoms with Crippen LogP contribution >= 0.6 is 0 Å². The molecule has 3 atom stereocenters. The van der Waals surface area contributed by atoms with E-state index in [9.17, 15) is 9.90 Å². The molecule has 3 N–H and O–H groups in total. The predicted octanol–water partition coefficient (Wildman–Crippen LogP) is 2.23. The van der Waals surface area contributed by atoms with Crippen molar-refractivity contribution < 1.29 is 9.90 Å². The van der Waals surface area contributed by atoms with Gasteiger partial charge in [-0.2, -0.15) is 0 Å². The fourth-order valence-corrected chi connectivity index (χ4v) is 5.45. The minimum atomic E-state index is -0.593. The average molecular weight is 447 g/mol. The van der Waals surface area contributed by atoms with Crippen molar-refractivity contribution in [1.82, 2.24) is 20.2 Å². The molecule has 0 bridgehead atoms. The summed E-state index contributed by atoms with van der Waals surface area (Å²) in [7, 11) is 1.62. The van der Waals surface area contributed by atoms with Gasteiger partial charge in [0.25, 0.3) is 5.91 Å². The van der Waals surface area contributed by atoms with Crippen molar-refractivity contribution in [3.63, 3.8) is 0 Å². The SMILES string of the molecule is CNC(=O)c1ccc(N2CCN(Cc3cnc4c(c3)NC(O)C(C3CC3)=C4)C3CCC32)cn1. The lowest BCUT2D eigenvalue weighted by Gasteiger charge is -2.54. The normalized spacial score (nSPS) is 26.4. The molecule has 8 heteroatoms. The Labute approximate surface area is 193 Å². The van der Waals surface area contributed by atoms with Crippen LogP contribution in [0.4, 0.5) is 11.4 Å². The number of anilines is 2. The Morgan fingerprint density at radius 3 is 2.70 bits per heavy atom. The fourth-order valence-electron chi connectivity index (χ4n) is 5.45. The Morgan fingerprint density at radius 2 is 2.00 bits per heavy atom. The average Bonchev–Trinajstić information content (AvgIpc) is 3.64. The highest BCUT2D eigenvalue weighted by molar-refractivity contribution is 5.92. The molecule has 6 rings (SSSR count). The van der Waals surface area contributed by atoms with Crippen LogP contribution in [-0.2, 0) is 6.54 Å². The van der Waals surface area contributed by atoms with Crippen molar-refractivity contribution in [3.8, 4) is 0 Å². The number of hydrogen-bond acceptors (Lipinski definition) is 7. The van der Waals surface area contributed by atoms with Crippen LogP contribution in [0.25, 0.3) is 6.08 Å². The Morgan fingerprint density at radius 1 is 1.15 bits per heavy atom. The van der Waals surface area contributed by atoms with Crippen LogP contribution in [0.5, 0.6) is 0 Å². The topological polar surface area (TPSA) is 93.6 Å². The predicted molar refractivity (Wildman–Crippen MR) is 127 cm³/mol. The number of nitrogens with one attached hydrogen (secondary N) is 2. The van der Waals surface area contributed by atoms with Crippen LogP contribution in [0.2, 0.25) is 0 Å². The van der Waals surface area contributed by atoms with Gasteiger partial charge in [0.1, 0.15) is 11.9 Å². The third-order valence-corrected chi connectivity index (χ3v) is 7.56. The molecule has 8 nitrogen and oxygen atoms in total. The molecule has 0 radical (unpaired) electrons. The summed E-state index contributed by atoms with van der Waals surface area (Å²) >= 11 is 0. The van der Waals surface area contributed by atoms with Crippen molar-refractivity contribution in [1.29, 1.82) is 0 Å². The molecular formula is C25H30N6O2. The van der Waals surface area contributed by atoms with E-state index in [1.54, 1.807) is 13.1 Å². The summed E-state index contributed by atoms with van der Waals surface area (Å²) in [6.45, 7) is 2.77. The van der Waals surface area contributed by atoms with Gasteiger partial charge in [-0.3, -0.25) is 14.7 Å². The standard InChI is InChI=1S/C25H30N6O2/c1-26-25(33)19-5-4-17(13-28-19)31-9-8-30(22-6-7-23(22)31)14-15-10-21-20(27-12-15)11-18(16-2-3-16)24(32)29-21/h4-5,10-13,16,22-24,29,32H,2-3,6-9,14H2,1H3,(H,26,33). The van der Waals surface area contributed by atoms with Gasteiger partial charge in [0.05, 0.1) is 23.3 Å². The zero-order valence-corrected chi connectivity index (χ0v) is 18.9. The molecular weight excluding hydrogens is 416 g/mol.